The van der Waals surface area contributed by atoms with Crippen molar-refractivity contribution in [1.29, 1.82) is 0 Å². The second-order valence-corrected chi connectivity index (χ2v) is 7.18. The molecule has 102 valence electrons. The first-order chi connectivity index (χ1) is 8.47. The minimum absolute atomic E-state index is 0.0353. The third-order valence-corrected chi connectivity index (χ3v) is 3.68. The standard InChI is InChI=1S/C11H15Cl2NO3S/c12-10-7-11(9-14-8-10)17-5-3-1-2-4-6-18(13,15)16/h7-9H,1-6H2. The predicted molar refractivity (Wildman–Crippen MR) is 72.8 cm³/mol. The lowest BCUT2D eigenvalue weighted by Gasteiger charge is -2.05. The number of halogens is 2. The minimum Gasteiger partial charge on any atom is -0.492 e. The molecule has 0 aliphatic heterocycles. The van der Waals surface area contributed by atoms with Crippen LogP contribution >= 0.6 is 22.3 Å². The SMILES string of the molecule is O=S(=O)(Cl)CCCCCCOc1cncc(Cl)c1. The van der Waals surface area contributed by atoms with Crippen molar-refractivity contribution in [2.75, 3.05) is 12.4 Å². The van der Waals surface area contributed by atoms with E-state index in [2.05, 4.69) is 4.98 Å². The summed E-state index contributed by atoms with van der Waals surface area (Å²) < 4.78 is 26.8. The molecule has 0 saturated heterocycles. The fourth-order valence-corrected chi connectivity index (χ4v) is 2.43. The van der Waals surface area contributed by atoms with Crippen molar-refractivity contribution in [1.82, 2.24) is 4.98 Å². The molecule has 1 heterocycles. The maximum atomic E-state index is 10.7. The Kier molecular flexibility index (Phi) is 6.75. The first-order valence-corrected chi connectivity index (χ1v) is 8.49. The summed E-state index contributed by atoms with van der Waals surface area (Å²) in [4.78, 5) is 3.90. The van der Waals surface area contributed by atoms with Crippen LogP contribution in [0.3, 0.4) is 0 Å². The summed E-state index contributed by atoms with van der Waals surface area (Å²) in [5.41, 5.74) is 0. The maximum absolute atomic E-state index is 10.7. The van der Waals surface area contributed by atoms with Gasteiger partial charge in [0.25, 0.3) is 0 Å². The third-order valence-electron chi connectivity index (χ3n) is 2.23. The highest BCUT2D eigenvalue weighted by Crippen LogP contribution is 2.15. The van der Waals surface area contributed by atoms with Crippen LogP contribution in [-0.2, 0) is 9.05 Å². The van der Waals surface area contributed by atoms with Crippen molar-refractivity contribution in [3.63, 3.8) is 0 Å². The molecule has 0 unspecified atom stereocenters. The number of unbranched alkanes of at least 4 members (excludes halogenated alkanes) is 3. The Morgan fingerprint density at radius 3 is 2.56 bits per heavy atom. The molecule has 0 spiro atoms. The van der Waals surface area contributed by atoms with E-state index in [-0.39, 0.29) is 5.75 Å². The molecule has 0 amide bonds. The molecule has 0 bridgehead atoms. The van der Waals surface area contributed by atoms with E-state index in [0.717, 1.165) is 19.3 Å². The molecule has 0 aliphatic rings. The van der Waals surface area contributed by atoms with E-state index >= 15 is 0 Å². The number of rotatable bonds is 8. The van der Waals surface area contributed by atoms with Gasteiger partial charge in [0.15, 0.2) is 0 Å². The lowest BCUT2D eigenvalue weighted by atomic mass is 10.2. The van der Waals surface area contributed by atoms with E-state index in [0.29, 0.717) is 23.8 Å². The number of hydrogen-bond donors (Lipinski definition) is 0. The van der Waals surface area contributed by atoms with Crippen LogP contribution in [0.15, 0.2) is 18.5 Å². The topological polar surface area (TPSA) is 56.3 Å². The number of ether oxygens (including phenoxy) is 1. The molecule has 1 aromatic heterocycles. The van der Waals surface area contributed by atoms with Crippen LogP contribution in [0, 0.1) is 0 Å². The van der Waals surface area contributed by atoms with Gasteiger partial charge in [-0.25, -0.2) is 8.42 Å². The van der Waals surface area contributed by atoms with Gasteiger partial charge in [-0.3, -0.25) is 4.98 Å². The number of nitrogens with zero attached hydrogens (tertiary/aromatic N) is 1. The summed E-state index contributed by atoms with van der Waals surface area (Å²) in [5, 5.41) is 0.541. The number of hydrogen-bond acceptors (Lipinski definition) is 4. The Balaban J connectivity index is 2.06. The quantitative estimate of drug-likeness (QED) is 0.546. The summed E-state index contributed by atoms with van der Waals surface area (Å²) in [7, 11) is 1.75. The molecule has 0 N–H and O–H groups in total. The molecule has 1 aromatic rings. The highest BCUT2D eigenvalue weighted by atomic mass is 35.7. The fraction of sp³-hybridized carbons (Fsp3) is 0.545. The summed E-state index contributed by atoms with van der Waals surface area (Å²) in [5.74, 6) is 0.680. The summed E-state index contributed by atoms with van der Waals surface area (Å²) >= 11 is 5.76. The predicted octanol–water partition coefficient (Wildman–Crippen LogP) is 3.24. The molecular formula is C11H15Cl2NO3S. The Morgan fingerprint density at radius 2 is 1.89 bits per heavy atom. The van der Waals surface area contributed by atoms with Crippen molar-refractivity contribution in [3.8, 4) is 5.75 Å². The van der Waals surface area contributed by atoms with Gasteiger partial charge >= 0.3 is 0 Å². The zero-order chi connectivity index (χ0) is 13.4. The molecule has 1 rings (SSSR count). The summed E-state index contributed by atoms with van der Waals surface area (Å²) in [6.45, 7) is 0.565. The average molecular weight is 312 g/mol. The second kappa shape index (κ2) is 7.81. The van der Waals surface area contributed by atoms with Crippen LogP contribution in [0.4, 0.5) is 0 Å². The van der Waals surface area contributed by atoms with Crippen LogP contribution in [-0.4, -0.2) is 25.8 Å². The molecule has 0 aliphatic carbocycles. The van der Waals surface area contributed by atoms with Crippen LogP contribution < -0.4 is 4.74 Å². The highest BCUT2D eigenvalue weighted by molar-refractivity contribution is 8.13. The zero-order valence-corrected chi connectivity index (χ0v) is 12.1. The molecular weight excluding hydrogens is 297 g/mol. The largest absolute Gasteiger partial charge is 0.492 e. The van der Waals surface area contributed by atoms with Crippen LogP contribution in [0.1, 0.15) is 25.7 Å². The molecule has 0 fully saturated rings. The van der Waals surface area contributed by atoms with Crippen molar-refractivity contribution < 1.29 is 13.2 Å². The van der Waals surface area contributed by atoms with E-state index < -0.39 is 9.05 Å². The molecule has 0 radical (unpaired) electrons. The summed E-state index contributed by atoms with van der Waals surface area (Å²) in [6, 6.07) is 1.70. The van der Waals surface area contributed by atoms with E-state index in [1.807, 2.05) is 0 Å². The van der Waals surface area contributed by atoms with Gasteiger partial charge in [-0.1, -0.05) is 24.4 Å². The van der Waals surface area contributed by atoms with Gasteiger partial charge in [0.1, 0.15) is 5.75 Å². The molecule has 0 saturated carbocycles. The minimum atomic E-state index is -3.35. The smallest absolute Gasteiger partial charge is 0.232 e. The molecule has 0 atom stereocenters. The number of pyridine rings is 1. The first-order valence-electron chi connectivity index (χ1n) is 5.63. The third kappa shape index (κ3) is 7.74. The fourth-order valence-electron chi connectivity index (χ4n) is 1.39. The van der Waals surface area contributed by atoms with Gasteiger partial charge < -0.3 is 4.74 Å². The van der Waals surface area contributed by atoms with Crippen molar-refractivity contribution >= 4 is 31.3 Å². The van der Waals surface area contributed by atoms with E-state index in [4.69, 9.17) is 27.0 Å². The summed E-state index contributed by atoms with van der Waals surface area (Å²) in [6.07, 6.45) is 6.32. The van der Waals surface area contributed by atoms with E-state index in [1.165, 1.54) is 0 Å². The maximum Gasteiger partial charge on any atom is 0.232 e. The number of aromatic nitrogens is 1. The second-order valence-electron chi connectivity index (χ2n) is 3.84. The van der Waals surface area contributed by atoms with Gasteiger partial charge in [0, 0.05) is 22.9 Å². The lowest BCUT2D eigenvalue weighted by molar-refractivity contribution is 0.304. The Labute approximate surface area is 117 Å². The van der Waals surface area contributed by atoms with Crippen LogP contribution in [0.25, 0.3) is 0 Å². The average Bonchev–Trinajstić information content (AvgIpc) is 2.26. The van der Waals surface area contributed by atoms with Gasteiger partial charge in [0.05, 0.1) is 23.6 Å². The molecule has 7 heteroatoms. The zero-order valence-electron chi connectivity index (χ0n) is 9.81. The molecule has 4 nitrogen and oxygen atoms in total. The Hall–Kier alpha value is -0.520. The van der Waals surface area contributed by atoms with Gasteiger partial charge in [-0.05, 0) is 12.8 Å². The highest BCUT2D eigenvalue weighted by Gasteiger charge is 2.03. The van der Waals surface area contributed by atoms with Gasteiger partial charge in [-0.2, -0.15) is 0 Å². The Morgan fingerprint density at radius 1 is 1.17 bits per heavy atom. The van der Waals surface area contributed by atoms with Crippen molar-refractivity contribution in [2.24, 2.45) is 0 Å². The lowest BCUT2D eigenvalue weighted by Crippen LogP contribution is -1.99. The van der Waals surface area contributed by atoms with Crippen molar-refractivity contribution in [3.05, 3.63) is 23.5 Å². The van der Waals surface area contributed by atoms with Crippen LogP contribution in [0.5, 0.6) is 5.75 Å². The monoisotopic (exact) mass is 311 g/mol. The first kappa shape index (κ1) is 15.5. The van der Waals surface area contributed by atoms with Crippen LogP contribution in [0.2, 0.25) is 5.02 Å². The van der Waals surface area contributed by atoms with E-state index in [9.17, 15) is 8.42 Å². The Bertz CT molecular complexity index is 465. The normalized spacial score (nSPS) is 11.4. The molecule has 0 aromatic carbocycles. The van der Waals surface area contributed by atoms with Gasteiger partial charge in [-0.15, -0.1) is 0 Å². The molecule has 18 heavy (non-hydrogen) atoms. The van der Waals surface area contributed by atoms with E-state index in [1.54, 1.807) is 18.5 Å². The van der Waals surface area contributed by atoms with Crippen molar-refractivity contribution in [2.45, 2.75) is 25.7 Å². The van der Waals surface area contributed by atoms with Gasteiger partial charge in [0.2, 0.25) is 9.05 Å².